The molecule has 0 aromatic heterocycles. The first-order valence-corrected chi connectivity index (χ1v) is 7.76. The van der Waals surface area contributed by atoms with Crippen LogP contribution in [0, 0.1) is 12.7 Å². The Kier molecular flexibility index (Phi) is 4.10. The molecule has 7 heteroatoms. The zero-order chi connectivity index (χ0) is 14.9. The zero-order valence-corrected chi connectivity index (χ0v) is 11.9. The van der Waals surface area contributed by atoms with Crippen LogP contribution in [0.2, 0.25) is 0 Å². The first kappa shape index (κ1) is 14.9. The first-order valence-electron chi connectivity index (χ1n) is 6.32. The van der Waals surface area contributed by atoms with Crippen molar-refractivity contribution in [1.82, 2.24) is 4.31 Å². The molecule has 1 N–H and O–H groups in total. The van der Waals surface area contributed by atoms with E-state index >= 15 is 0 Å². The minimum atomic E-state index is -3.84. The molecule has 0 aliphatic heterocycles. The van der Waals surface area contributed by atoms with Gasteiger partial charge in [-0.1, -0.05) is 6.07 Å². The van der Waals surface area contributed by atoms with Gasteiger partial charge in [-0.2, -0.15) is 4.31 Å². The van der Waals surface area contributed by atoms with E-state index in [1.807, 2.05) is 0 Å². The standard InChI is InChI=1S/C13H16FNO4S/c1-9-2-5-11(8-12(9)14)20(18,19)15(10-3-4-10)7-6-13(16)17/h2,5,8,10H,3-4,6-7H2,1H3,(H,16,17). The number of hydrogen-bond acceptors (Lipinski definition) is 3. The van der Waals surface area contributed by atoms with E-state index in [1.54, 1.807) is 6.92 Å². The van der Waals surface area contributed by atoms with Crippen molar-refractivity contribution in [2.45, 2.75) is 37.1 Å². The third kappa shape index (κ3) is 3.16. The van der Waals surface area contributed by atoms with E-state index in [2.05, 4.69) is 0 Å². The Morgan fingerprint density at radius 1 is 1.45 bits per heavy atom. The smallest absolute Gasteiger partial charge is 0.304 e. The number of hydrogen-bond donors (Lipinski definition) is 1. The first-order chi connectivity index (χ1) is 9.32. The van der Waals surface area contributed by atoms with Gasteiger partial charge in [0.1, 0.15) is 5.82 Å². The molecule has 20 heavy (non-hydrogen) atoms. The fourth-order valence-corrected chi connectivity index (χ4v) is 3.63. The van der Waals surface area contributed by atoms with Crippen molar-refractivity contribution in [3.63, 3.8) is 0 Å². The van der Waals surface area contributed by atoms with Crippen LogP contribution in [0.25, 0.3) is 0 Å². The molecule has 1 aliphatic rings. The molecule has 0 unspecified atom stereocenters. The molecule has 1 aromatic carbocycles. The minimum Gasteiger partial charge on any atom is -0.481 e. The third-order valence-corrected chi connectivity index (χ3v) is 5.20. The Balaban J connectivity index is 2.29. The number of halogens is 1. The summed E-state index contributed by atoms with van der Waals surface area (Å²) in [6.45, 7) is 1.46. The summed E-state index contributed by atoms with van der Waals surface area (Å²) in [7, 11) is -3.84. The van der Waals surface area contributed by atoms with Crippen molar-refractivity contribution < 1.29 is 22.7 Å². The maximum absolute atomic E-state index is 13.5. The lowest BCUT2D eigenvalue weighted by molar-refractivity contribution is -0.137. The molecule has 0 spiro atoms. The number of rotatable bonds is 6. The largest absolute Gasteiger partial charge is 0.481 e. The number of aliphatic carboxylic acids is 1. The Morgan fingerprint density at radius 3 is 2.60 bits per heavy atom. The highest BCUT2D eigenvalue weighted by atomic mass is 32.2. The molecule has 0 amide bonds. The number of sulfonamides is 1. The van der Waals surface area contributed by atoms with Gasteiger partial charge in [-0.15, -0.1) is 0 Å². The van der Waals surface area contributed by atoms with E-state index in [-0.39, 0.29) is 23.9 Å². The molecule has 110 valence electrons. The van der Waals surface area contributed by atoms with Crippen molar-refractivity contribution in [2.75, 3.05) is 6.54 Å². The molecule has 1 fully saturated rings. The molecule has 5 nitrogen and oxygen atoms in total. The number of nitrogens with zero attached hydrogens (tertiary/aromatic N) is 1. The monoisotopic (exact) mass is 301 g/mol. The SMILES string of the molecule is Cc1ccc(S(=O)(=O)N(CCC(=O)O)C2CC2)cc1F. The van der Waals surface area contributed by atoms with Gasteiger partial charge in [0.25, 0.3) is 0 Å². The normalized spacial score (nSPS) is 15.6. The summed E-state index contributed by atoms with van der Waals surface area (Å²) in [5.41, 5.74) is 0.368. The van der Waals surface area contributed by atoms with Gasteiger partial charge in [-0.05, 0) is 37.5 Å². The second-order valence-corrected chi connectivity index (χ2v) is 6.79. The fraction of sp³-hybridized carbons (Fsp3) is 0.462. The average molecular weight is 301 g/mol. The van der Waals surface area contributed by atoms with Crippen LogP contribution in [-0.2, 0) is 14.8 Å². The second kappa shape index (κ2) is 5.49. The lowest BCUT2D eigenvalue weighted by Gasteiger charge is -2.21. The van der Waals surface area contributed by atoms with Gasteiger partial charge < -0.3 is 5.11 Å². The van der Waals surface area contributed by atoms with E-state index in [0.29, 0.717) is 18.4 Å². The van der Waals surface area contributed by atoms with Crippen LogP contribution in [0.4, 0.5) is 4.39 Å². The van der Waals surface area contributed by atoms with Gasteiger partial charge in [0.15, 0.2) is 0 Å². The van der Waals surface area contributed by atoms with Crippen LogP contribution >= 0.6 is 0 Å². The van der Waals surface area contributed by atoms with Crippen LogP contribution in [0.5, 0.6) is 0 Å². The van der Waals surface area contributed by atoms with Crippen molar-refractivity contribution >= 4 is 16.0 Å². The van der Waals surface area contributed by atoms with Crippen molar-refractivity contribution in [2.24, 2.45) is 0 Å². The number of carbonyl (C=O) groups is 1. The quantitative estimate of drug-likeness (QED) is 0.869. The van der Waals surface area contributed by atoms with Crippen molar-refractivity contribution in [3.8, 4) is 0 Å². The van der Waals surface area contributed by atoms with E-state index in [1.165, 1.54) is 16.4 Å². The van der Waals surface area contributed by atoms with Crippen LogP contribution in [0.15, 0.2) is 23.1 Å². The van der Waals surface area contributed by atoms with Gasteiger partial charge in [0.2, 0.25) is 10.0 Å². The molecule has 1 saturated carbocycles. The van der Waals surface area contributed by atoms with Gasteiger partial charge >= 0.3 is 5.97 Å². The second-order valence-electron chi connectivity index (χ2n) is 4.90. The highest BCUT2D eigenvalue weighted by Crippen LogP contribution is 2.32. The van der Waals surface area contributed by atoms with Gasteiger partial charge in [-0.3, -0.25) is 4.79 Å². The van der Waals surface area contributed by atoms with E-state index in [9.17, 15) is 17.6 Å². The molecule has 0 atom stereocenters. The van der Waals surface area contributed by atoms with Gasteiger partial charge in [0.05, 0.1) is 11.3 Å². The summed E-state index contributed by atoms with van der Waals surface area (Å²) in [4.78, 5) is 10.5. The van der Waals surface area contributed by atoms with Gasteiger partial charge in [0, 0.05) is 12.6 Å². The highest BCUT2D eigenvalue weighted by molar-refractivity contribution is 7.89. The van der Waals surface area contributed by atoms with Crippen molar-refractivity contribution in [3.05, 3.63) is 29.6 Å². The molecular formula is C13H16FNO4S. The Hall–Kier alpha value is -1.47. The Bertz CT molecular complexity index is 625. The number of carboxylic acid groups (broad SMARTS) is 1. The lowest BCUT2D eigenvalue weighted by Crippen LogP contribution is -2.35. The zero-order valence-electron chi connectivity index (χ0n) is 11.0. The topological polar surface area (TPSA) is 74.7 Å². The summed E-state index contributed by atoms with van der Waals surface area (Å²) < 4.78 is 39.6. The maximum atomic E-state index is 13.5. The molecule has 0 radical (unpaired) electrons. The molecule has 0 bridgehead atoms. The molecule has 0 saturated heterocycles. The predicted octanol–water partition coefficient (Wildman–Crippen LogP) is 1.76. The van der Waals surface area contributed by atoms with Crippen molar-refractivity contribution in [1.29, 1.82) is 0 Å². The minimum absolute atomic E-state index is 0.0855. The third-order valence-electron chi connectivity index (χ3n) is 3.25. The van der Waals surface area contributed by atoms with Crippen LogP contribution < -0.4 is 0 Å². The number of aryl methyl sites for hydroxylation is 1. The van der Waals surface area contributed by atoms with Crippen LogP contribution in [0.3, 0.4) is 0 Å². The van der Waals surface area contributed by atoms with Crippen LogP contribution in [-0.4, -0.2) is 36.4 Å². The van der Waals surface area contributed by atoms with Gasteiger partial charge in [-0.25, -0.2) is 12.8 Å². The Labute approximate surface area is 117 Å². The van der Waals surface area contributed by atoms with E-state index in [0.717, 1.165) is 6.07 Å². The summed E-state index contributed by atoms with van der Waals surface area (Å²) in [6.07, 6.45) is 1.17. The Morgan fingerprint density at radius 2 is 2.10 bits per heavy atom. The van der Waals surface area contributed by atoms with E-state index in [4.69, 9.17) is 5.11 Å². The number of carboxylic acids is 1. The summed E-state index contributed by atoms with van der Waals surface area (Å²) in [5.74, 6) is -1.64. The number of benzene rings is 1. The molecule has 2 rings (SSSR count). The summed E-state index contributed by atoms with van der Waals surface area (Å²) in [5, 5.41) is 8.70. The molecule has 0 heterocycles. The highest BCUT2D eigenvalue weighted by Gasteiger charge is 2.38. The van der Waals surface area contributed by atoms with Crippen LogP contribution in [0.1, 0.15) is 24.8 Å². The predicted molar refractivity (Wildman–Crippen MR) is 70.3 cm³/mol. The molecular weight excluding hydrogens is 285 g/mol. The van der Waals surface area contributed by atoms with E-state index < -0.39 is 21.8 Å². The molecule has 1 aromatic rings. The maximum Gasteiger partial charge on any atom is 0.304 e. The summed E-state index contributed by atoms with van der Waals surface area (Å²) in [6, 6.07) is 3.58. The fourth-order valence-electron chi connectivity index (χ4n) is 1.94. The molecule has 1 aliphatic carbocycles. The lowest BCUT2D eigenvalue weighted by atomic mass is 10.2. The summed E-state index contributed by atoms with van der Waals surface area (Å²) >= 11 is 0. The average Bonchev–Trinajstić information content (AvgIpc) is 3.16.